The van der Waals surface area contributed by atoms with Crippen LogP contribution in [0.1, 0.15) is 29.3 Å². The average molecular weight is 297 g/mol. The molecule has 1 aliphatic carbocycles. The first kappa shape index (κ1) is 13.0. The normalized spacial score (nSPS) is 18.4. The molecule has 5 heteroatoms. The summed E-state index contributed by atoms with van der Waals surface area (Å²) in [4.78, 5) is 6.02. The first-order valence-electron chi connectivity index (χ1n) is 6.34. The summed E-state index contributed by atoms with van der Waals surface area (Å²) in [6.07, 6.45) is 3.34. The van der Waals surface area contributed by atoms with Crippen molar-refractivity contribution in [3.63, 3.8) is 0 Å². The van der Waals surface area contributed by atoms with Crippen LogP contribution in [-0.2, 0) is 6.42 Å². The van der Waals surface area contributed by atoms with Crippen molar-refractivity contribution in [2.75, 3.05) is 6.54 Å². The Bertz CT molecular complexity index is 611. The quantitative estimate of drug-likeness (QED) is 0.910. The molecule has 0 fully saturated rings. The fourth-order valence-electron chi connectivity index (χ4n) is 2.49. The molecule has 0 spiro atoms. The standard InChI is InChI=1S/C14H14ClFN2S/c15-10-6-8(4-5-11(10)16)14-18-13-9(7-17)2-1-3-12(13)19-14/h4-6,9H,1-3,7,17H2. The summed E-state index contributed by atoms with van der Waals surface area (Å²) in [7, 11) is 0. The van der Waals surface area contributed by atoms with Gasteiger partial charge in [-0.15, -0.1) is 11.3 Å². The molecule has 100 valence electrons. The van der Waals surface area contributed by atoms with E-state index in [1.807, 2.05) is 0 Å². The van der Waals surface area contributed by atoms with Gasteiger partial charge in [-0.25, -0.2) is 9.37 Å². The van der Waals surface area contributed by atoms with Crippen molar-refractivity contribution in [3.05, 3.63) is 39.6 Å². The average Bonchev–Trinajstić information content (AvgIpc) is 2.85. The Balaban J connectivity index is 2.02. The van der Waals surface area contributed by atoms with E-state index in [1.165, 1.54) is 17.4 Å². The highest BCUT2D eigenvalue weighted by atomic mass is 35.5. The van der Waals surface area contributed by atoms with Gasteiger partial charge in [-0.2, -0.15) is 0 Å². The summed E-state index contributed by atoms with van der Waals surface area (Å²) in [5, 5.41) is 1.05. The maximum atomic E-state index is 13.2. The summed E-state index contributed by atoms with van der Waals surface area (Å²) in [6.45, 7) is 0.639. The van der Waals surface area contributed by atoms with Crippen LogP contribution in [0.15, 0.2) is 18.2 Å². The fraction of sp³-hybridized carbons (Fsp3) is 0.357. The Kier molecular flexibility index (Phi) is 3.56. The van der Waals surface area contributed by atoms with Gasteiger partial charge >= 0.3 is 0 Å². The molecule has 2 aromatic rings. The molecule has 1 aromatic heterocycles. The number of hydrogen-bond donors (Lipinski definition) is 1. The smallest absolute Gasteiger partial charge is 0.141 e. The Hall–Kier alpha value is -0.970. The lowest BCUT2D eigenvalue weighted by molar-refractivity contribution is 0.554. The van der Waals surface area contributed by atoms with E-state index in [9.17, 15) is 4.39 Å². The Morgan fingerprint density at radius 2 is 2.32 bits per heavy atom. The predicted octanol–water partition coefficient (Wildman–Crippen LogP) is 3.98. The van der Waals surface area contributed by atoms with Crippen LogP contribution in [-0.4, -0.2) is 11.5 Å². The van der Waals surface area contributed by atoms with Gasteiger partial charge in [0, 0.05) is 22.9 Å². The Labute approximate surface area is 120 Å². The topological polar surface area (TPSA) is 38.9 Å². The van der Waals surface area contributed by atoms with Crippen molar-refractivity contribution >= 4 is 22.9 Å². The van der Waals surface area contributed by atoms with Crippen molar-refractivity contribution in [2.45, 2.75) is 25.2 Å². The van der Waals surface area contributed by atoms with Crippen LogP contribution in [0.25, 0.3) is 10.6 Å². The van der Waals surface area contributed by atoms with Crippen molar-refractivity contribution < 1.29 is 4.39 Å². The van der Waals surface area contributed by atoms with Crippen LogP contribution in [0.4, 0.5) is 4.39 Å². The fourth-order valence-corrected chi connectivity index (χ4v) is 3.86. The minimum absolute atomic E-state index is 0.140. The monoisotopic (exact) mass is 296 g/mol. The van der Waals surface area contributed by atoms with E-state index in [1.54, 1.807) is 23.5 Å². The van der Waals surface area contributed by atoms with Gasteiger partial charge < -0.3 is 5.73 Å². The lowest BCUT2D eigenvalue weighted by Crippen LogP contribution is -2.17. The first-order chi connectivity index (χ1) is 9.19. The number of aryl methyl sites for hydroxylation is 1. The van der Waals surface area contributed by atoms with Crippen LogP contribution in [0, 0.1) is 5.82 Å². The second kappa shape index (κ2) is 5.19. The highest BCUT2D eigenvalue weighted by Crippen LogP contribution is 2.38. The molecule has 1 atom stereocenters. The summed E-state index contributed by atoms with van der Waals surface area (Å²) in [6, 6.07) is 4.75. The Morgan fingerprint density at radius 3 is 3.05 bits per heavy atom. The third kappa shape index (κ3) is 2.40. The van der Waals surface area contributed by atoms with Gasteiger partial charge in [0.1, 0.15) is 10.8 Å². The maximum absolute atomic E-state index is 13.2. The van der Waals surface area contributed by atoms with Crippen molar-refractivity contribution in [3.8, 4) is 10.6 Å². The van der Waals surface area contributed by atoms with Gasteiger partial charge in [0.25, 0.3) is 0 Å². The molecule has 19 heavy (non-hydrogen) atoms. The molecule has 1 aliphatic rings. The lowest BCUT2D eigenvalue weighted by Gasteiger charge is -2.18. The molecule has 3 rings (SSSR count). The Morgan fingerprint density at radius 1 is 1.47 bits per heavy atom. The zero-order valence-electron chi connectivity index (χ0n) is 10.3. The molecule has 0 radical (unpaired) electrons. The first-order valence-corrected chi connectivity index (χ1v) is 7.53. The minimum atomic E-state index is -0.397. The third-order valence-electron chi connectivity index (χ3n) is 3.52. The van der Waals surface area contributed by atoms with Gasteiger partial charge in [-0.3, -0.25) is 0 Å². The van der Waals surface area contributed by atoms with E-state index in [0.717, 1.165) is 29.1 Å². The number of fused-ring (bicyclic) bond motifs is 1. The van der Waals surface area contributed by atoms with E-state index in [-0.39, 0.29) is 5.02 Å². The van der Waals surface area contributed by atoms with Crippen molar-refractivity contribution in [1.29, 1.82) is 0 Å². The van der Waals surface area contributed by atoms with Crippen molar-refractivity contribution in [2.24, 2.45) is 5.73 Å². The van der Waals surface area contributed by atoms with E-state index in [4.69, 9.17) is 22.3 Å². The molecule has 1 unspecified atom stereocenters. The van der Waals surface area contributed by atoms with Gasteiger partial charge in [0.2, 0.25) is 0 Å². The number of rotatable bonds is 2. The van der Waals surface area contributed by atoms with Gasteiger partial charge in [-0.05, 0) is 37.5 Å². The number of nitrogens with two attached hydrogens (primary N) is 1. The zero-order valence-corrected chi connectivity index (χ0v) is 11.9. The van der Waals surface area contributed by atoms with Crippen LogP contribution in [0.2, 0.25) is 5.02 Å². The number of halogens is 2. The van der Waals surface area contributed by atoms with E-state index in [0.29, 0.717) is 12.5 Å². The molecule has 2 nitrogen and oxygen atoms in total. The molecule has 1 aromatic carbocycles. The number of thiazole rings is 1. The second-order valence-corrected chi connectivity index (χ2v) is 6.27. The number of benzene rings is 1. The van der Waals surface area contributed by atoms with E-state index < -0.39 is 5.82 Å². The van der Waals surface area contributed by atoms with E-state index >= 15 is 0 Å². The lowest BCUT2D eigenvalue weighted by atomic mass is 9.91. The molecule has 0 saturated carbocycles. The SMILES string of the molecule is NCC1CCCc2sc(-c3ccc(F)c(Cl)c3)nc21. The molecular weight excluding hydrogens is 283 g/mol. The molecule has 0 bridgehead atoms. The summed E-state index contributed by atoms with van der Waals surface area (Å²) in [5.41, 5.74) is 7.81. The second-order valence-electron chi connectivity index (χ2n) is 4.78. The summed E-state index contributed by atoms with van der Waals surface area (Å²) < 4.78 is 13.2. The number of aromatic nitrogens is 1. The van der Waals surface area contributed by atoms with Crippen LogP contribution < -0.4 is 5.73 Å². The highest BCUT2D eigenvalue weighted by Gasteiger charge is 2.24. The van der Waals surface area contributed by atoms with Crippen LogP contribution in [0.5, 0.6) is 0 Å². The highest BCUT2D eigenvalue weighted by molar-refractivity contribution is 7.15. The molecule has 1 heterocycles. The number of nitrogens with zero attached hydrogens (tertiary/aromatic N) is 1. The number of hydrogen-bond acceptors (Lipinski definition) is 3. The zero-order chi connectivity index (χ0) is 13.4. The van der Waals surface area contributed by atoms with Crippen LogP contribution >= 0.6 is 22.9 Å². The molecule has 2 N–H and O–H groups in total. The molecular formula is C14H14ClFN2S. The largest absolute Gasteiger partial charge is 0.330 e. The van der Waals surface area contributed by atoms with Gasteiger partial charge in [-0.1, -0.05) is 11.6 Å². The van der Waals surface area contributed by atoms with Crippen molar-refractivity contribution in [1.82, 2.24) is 4.98 Å². The molecule has 0 aliphatic heterocycles. The van der Waals surface area contributed by atoms with Gasteiger partial charge in [0.05, 0.1) is 10.7 Å². The van der Waals surface area contributed by atoms with E-state index in [2.05, 4.69) is 0 Å². The van der Waals surface area contributed by atoms with Gasteiger partial charge in [0.15, 0.2) is 0 Å². The maximum Gasteiger partial charge on any atom is 0.141 e. The minimum Gasteiger partial charge on any atom is -0.330 e. The summed E-state index contributed by atoms with van der Waals surface area (Å²) in [5.74, 6) is -0.0313. The molecule has 0 saturated heterocycles. The third-order valence-corrected chi connectivity index (χ3v) is 4.99. The summed E-state index contributed by atoms with van der Waals surface area (Å²) >= 11 is 7.50. The predicted molar refractivity (Wildman–Crippen MR) is 77.3 cm³/mol. The molecule has 0 amide bonds. The van der Waals surface area contributed by atoms with Crippen LogP contribution in [0.3, 0.4) is 0 Å².